The van der Waals surface area contributed by atoms with Crippen molar-refractivity contribution in [1.82, 2.24) is 4.90 Å². The molecule has 18 heavy (non-hydrogen) atoms. The topological polar surface area (TPSA) is 29.3 Å². The van der Waals surface area contributed by atoms with Crippen LogP contribution in [0.1, 0.15) is 43.7 Å². The highest BCUT2D eigenvalue weighted by molar-refractivity contribution is 6.30. The molecule has 1 aliphatic rings. The molecule has 1 aliphatic heterocycles. The molecule has 0 spiro atoms. The normalized spacial score (nSPS) is 20.1. The molecule has 1 aromatic carbocycles. The fourth-order valence-corrected chi connectivity index (χ4v) is 2.99. The van der Waals surface area contributed by atoms with Crippen LogP contribution in [0.5, 0.6) is 0 Å². The van der Waals surface area contributed by atoms with Crippen molar-refractivity contribution in [3.8, 4) is 0 Å². The highest BCUT2D eigenvalue weighted by Gasteiger charge is 2.19. The van der Waals surface area contributed by atoms with Crippen LogP contribution in [0.4, 0.5) is 0 Å². The van der Waals surface area contributed by atoms with E-state index in [1.807, 2.05) is 12.1 Å². The first-order chi connectivity index (χ1) is 8.81. The maximum absolute atomic E-state index is 6.08. The zero-order valence-electron chi connectivity index (χ0n) is 10.9. The molecule has 0 radical (unpaired) electrons. The lowest BCUT2D eigenvalue weighted by Gasteiger charge is -2.32. The molecule has 2 nitrogen and oxygen atoms in total. The largest absolute Gasteiger partial charge is 0.329 e. The Morgan fingerprint density at radius 1 is 1.11 bits per heavy atom. The van der Waals surface area contributed by atoms with Crippen LogP contribution in [0.3, 0.4) is 0 Å². The number of likely N-dealkylation sites (tertiary alicyclic amines) is 1. The lowest BCUT2D eigenvalue weighted by molar-refractivity contribution is 0.183. The molecule has 2 rings (SSSR count). The molecule has 1 heterocycles. The number of benzene rings is 1. The van der Waals surface area contributed by atoms with Crippen LogP contribution in [0.2, 0.25) is 5.02 Å². The summed E-state index contributed by atoms with van der Waals surface area (Å²) in [7, 11) is 0. The van der Waals surface area contributed by atoms with Crippen molar-refractivity contribution in [3.05, 3.63) is 34.9 Å². The van der Waals surface area contributed by atoms with Gasteiger partial charge in [-0.1, -0.05) is 43.0 Å². The second kappa shape index (κ2) is 7.13. The minimum atomic E-state index is 0.321. The number of hydrogen-bond donors (Lipinski definition) is 1. The highest BCUT2D eigenvalue weighted by Crippen LogP contribution is 2.25. The fourth-order valence-electron chi connectivity index (χ4n) is 2.79. The second-order valence-electron chi connectivity index (χ2n) is 5.11. The van der Waals surface area contributed by atoms with Crippen LogP contribution in [-0.2, 0) is 0 Å². The zero-order valence-corrected chi connectivity index (χ0v) is 11.7. The number of nitrogens with zero attached hydrogens (tertiary/aromatic N) is 1. The molecule has 0 amide bonds. The monoisotopic (exact) mass is 266 g/mol. The van der Waals surface area contributed by atoms with Crippen LogP contribution >= 0.6 is 11.6 Å². The number of nitrogens with two attached hydrogens (primary N) is 1. The van der Waals surface area contributed by atoms with Gasteiger partial charge in [0.25, 0.3) is 0 Å². The molecule has 0 bridgehead atoms. The highest BCUT2D eigenvalue weighted by atomic mass is 35.5. The summed E-state index contributed by atoms with van der Waals surface area (Å²) in [5.74, 6) is 0. The molecule has 1 aromatic rings. The Morgan fingerprint density at radius 3 is 2.39 bits per heavy atom. The van der Waals surface area contributed by atoms with E-state index in [0.29, 0.717) is 12.6 Å². The fraction of sp³-hybridized carbons (Fsp3) is 0.600. The molecule has 100 valence electrons. The van der Waals surface area contributed by atoms with E-state index in [4.69, 9.17) is 17.3 Å². The average Bonchev–Trinajstić information content (AvgIpc) is 2.32. The first kappa shape index (κ1) is 13.9. The number of rotatable bonds is 3. The lowest BCUT2D eigenvalue weighted by atomic mass is 10.0. The van der Waals surface area contributed by atoms with Crippen LogP contribution in [0.25, 0.3) is 0 Å². The summed E-state index contributed by atoms with van der Waals surface area (Å²) in [5, 5.41) is 0.804. The van der Waals surface area contributed by atoms with Gasteiger partial charge >= 0.3 is 0 Å². The Labute approximate surface area is 115 Å². The van der Waals surface area contributed by atoms with E-state index >= 15 is 0 Å². The molecular formula is C15H23ClN2. The molecule has 1 atom stereocenters. The van der Waals surface area contributed by atoms with Gasteiger partial charge in [-0.25, -0.2) is 0 Å². The maximum Gasteiger partial charge on any atom is 0.0470 e. The van der Waals surface area contributed by atoms with Crippen LogP contribution in [0, 0.1) is 0 Å². The quantitative estimate of drug-likeness (QED) is 0.906. The lowest BCUT2D eigenvalue weighted by Crippen LogP contribution is -2.36. The van der Waals surface area contributed by atoms with E-state index in [1.165, 1.54) is 37.7 Å². The standard InChI is InChI=1S/C15H23ClN2/c16-14-8-6-7-13(11-14)15(12-17)18-9-4-2-1-3-5-10-18/h6-8,11,15H,1-5,9-10,12,17H2. The predicted molar refractivity (Wildman–Crippen MR) is 77.9 cm³/mol. The molecule has 3 heteroatoms. The van der Waals surface area contributed by atoms with Crippen LogP contribution in [-0.4, -0.2) is 24.5 Å². The van der Waals surface area contributed by atoms with Gasteiger partial charge in [0, 0.05) is 17.6 Å². The first-order valence-corrected chi connectivity index (χ1v) is 7.38. The van der Waals surface area contributed by atoms with E-state index < -0.39 is 0 Å². The molecule has 1 unspecified atom stereocenters. The number of halogens is 1. The van der Waals surface area contributed by atoms with E-state index in [-0.39, 0.29) is 0 Å². The summed E-state index contributed by atoms with van der Waals surface area (Å²) < 4.78 is 0. The third kappa shape index (κ3) is 3.71. The summed E-state index contributed by atoms with van der Waals surface area (Å²) in [5.41, 5.74) is 7.25. The van der Waals surface area contributed by atoms with Gasteiger partial charge in [0.05, 0.1) is 0 Å². The van der Waals surface area contributed by atoms with Gasteiger partial charge in [-0.3, -0.25) is 4.90 Å². The maximum atomic E-state index is 6.08. The molecular weight excluding hydrogens is 244 g/mol. The van der Waals surface area contributed by atoms with Crippen molar-refractivity contribution in [2.45, 2.75) is 38.1 Å². The van der Waals surface area contributed by atoms with E-state index in [9.17, 15) is 0 Å². The van der Waals surface area contributed by atoms with Crippen LogP contribution < -0.4 is 5.73 Å². The minimum absolute atomic E-state index is 0.321. The summed E-state index contributed by atoms with van der Waals surface area (Å²) in [4.78, 5) is 2.53. The Morgan fingerprint density at radius 2 is 1.78 bits per heavy atom. The van der Waals surface area contributed by atoms with Crippen LogP contribution in [0.15, 0.2) is 24.3 Å². The van der Waals surface area contributed by atoms with Crippen molar-refractivity contribution in [2.24, 2.45) is 5.73 Å². The molecule has 0 aromatic heterocycles. The van der Waals surface area contributed by atoms with E-state index in [1.54, 1.807) is 0 Å². The second-order valence-corrected chi connectivity index (χ2v) is 5.55. The third-order valence-electron chi connectivity index (χ3n) is 3.79. The van der Waals surface area contributed by atoms with Gasteiger partial charge in [0.2, 0.25) is 0 Å². The summed E-state index contributed by atoms with van der Waals surface area (Å²) >= 11 is 6.08. The van der Waals surface area contributed by atoms with Crippen molar-refractivity contribution >= 4 is 11.6 Å². The molecule has 1 saturated heterocycles. The Bertz CT molecular complexity index is 359. The number of hydrogen-bond acceptors (Lipinski definition) is 2. The Hall–Kier alpha value is -0.570. The molecule has 0 aliphatic carbocycles. The third-order valence-corrected chi connectivity index (χ3v) is 4.02. The first-order valence-electron chi connectivity index (χ1n) is 7.01. The van der Waals surface area contributed by atoms with Gasteiger partial charge in [0.15, 0.2) is 0 Å². The predicted octanol–water partition coefficient (Wildman–Crippen LogP) is 3.61. The minimum Gasteiger partial charge on any atom is -0.329 e. The zero-order chi connectivity index (χ0) is 12.8. The molecule has 2 N–H and O–H groups in total. The summed E-state index contributed by atoms with van der Waals surface area (Å²) in [6, 6.07) is 8.46. The molecule has 1 fully saturated rings. The van der Waals surface area contributed by atoms with Crippen molar-refractivity contribution in [1.29, 1.82) is 0 Å². The van der Waals surface area contributed by atoms with Gasteiger partial charge in [-0.15, -0.1) is 0 Å². The smallest absolute Gasteiger partial charge is 0.0470 e. The van der Waals surface area contributed by atoms with Gasteiger partial charge in [-0.2, -0.15) is 0 Å². The summed E-state index contributed by atoms with van der Waals surface area (Å²) in [6.07, 6.45) is 6.67. The van der Waals surface area contributed by atoms with Gasteiger partial charge in [0.1, 0.15) is 0 Å². The average molecular weight is 267 g/mol. The summed E-state index contributed by atoms with van der Waals surface area (Å²) in [6.45, 7) is 2.99. The Kier molecular flexibility index (Phi) is 5.48. The Balaban J connectivity index is 2.10. The van der Waals surface area contributed by atoms with E-state index in [2.05, 4.69) is 17.0 Å². The SMILES string of the molecule is NCC(c1cccc(Cl)c1)N1CCCCCCC1. The van der Waals surface area contributed by atoms with Gasteiger partial charge in [-0.05, 0) is 43.6 Å². The van der Waals surface area contributed by atoms with Crippen molar-refractivity contribution in [2.75, 3.05) is 19.6 Å². The van der Waals surface area contributed by atoms with Crippen molar-refractivity contribution in [3.63, 3.8) is 0 Å². The molecule has 0 saturated carbocycles. The van der Waals surface area contributed by atoms with E-state index in [0.717, 1.165) is 18.1 Å². The van der Waals surface area contributed by atoms with Gasteiger partial charge < -0.3 is 5.73 Å². The van der Waals surface area contributed by atoms with Crippen molar-refractivity contribution < 1.29 is 0 Å².